The molecule has 0 fully saturated rings. The summed E-state index contributed by atoms with van der Waals surface area (Å²) in [5.74, 6) is 0. The van der Waals surface area contributed by atoms with Crippen LogP contribution in [0.4, 0.5) is 0 Å². The van der Waals surface area contributed by atoms with E-state index in [0.29, 0.717) is 0 Å². The van der Waals surface area contributed by atoms with Crippen molar-refractivity contribution in [3.05, 3.63) is 41.1 Å². The first-order chi connectivity index (χ1) is 8.63. The molecular formula is C14H19N3O. The maximum atomic E-state index is 9.45. The molecule has 1 aromatic heterocycles. The van der Waals surface area contributed by atoms with E-state index in [9.17, 15) is 5.11 Å². The maximum absolute atomic E-state index is 9.45. The lowest BCUT2D eigenvalue weighted by molar-refractivity contribution is 0.281. The van der Waals surface area contributed by atoms with Crippen LogP contribution >= 0.6 is 0 Å². The van der Waals surface area contributed by atoms with Gasteiger partial charge in [-0.05, 0) is 26.6 Å². The molecule has 0 saturated heterocycles. The van der Waals surface area contributed by atoms with Gasteiger partial charge in [0.2, 0.25) is 0 Å². The smallest absolute Gasteiger partial charge is 0.0721 e. The lowest BCUT2D eigenvalue weighted by atomic mass is 10.0. The monoisotopic (exact) mass is 245 g/mol. The first-order valence-electron chi connectivity index (χ1n) is 6.01. The first-order valence-corrected chi connectivity index (χ1v) is 6.01. The van der Waals surface area contributed by atoms with E-state index >= 15 is 0 Å². The van der Waals surface area contributed by atoms with Crippen LogP contribution in [-0.2, 0) is 13.2 Å². The fourth-order valence-electron chi connectivity index (χ4n) is 2.11. The Morgan fingerprint density at radius 3 is 2.67 bits per heavy atom. The molecule has 0 bridgehead atoms. The SMILES string of the molecule is Cc1n[nH]c(-c2ccccc2CN(C)C)c1CO. The summed E-state index contributed by atoms with van der Waals surface area (Å²) in [4.78, 5) is 2.13. The van der Waals surface area contributed by atoms with Crippen molar-refractivity contribution in [2.75, 3.05) is 14.1 Å². The van der Waals surface area contributed by atoms with E-state index in [2.05, 4.69) is 27.2 Å². The molecule has 1 aromatic carbocycles. The molecule has 0 spiro atoms. The van der Waals surface area contributed by atoms with Gasteiger partial charge in [-0.15, -0.1) is 0 Å². The predicted octanol–water partition coefficient (Wildman–Crippen LogP) is 1.94. The second-order valence-electron chi connectivity index (χ2n) is 4.72. The Bertz CT molecular complexity index is 532. The number of hydrogen-bond acceptors (Lipinski definition) is 3. The largest absolute Gasteiger partial charge is 0.392 e. The quantitative estimate of drug-likeness (QED) is 0.865. The van der Waals surface area contributed by atoms with Crippen LogP contribution in [0.2, 0.25) is 0 Å². The highest BCUT2D eigenvalue weighted by atomic mass is 16.3. The number of aliphatic hydroxyl groups is 1. The minimum Gasteiger partial charge on any atom is -0.392 e. The third kappa shape index (κ3) is 2.44. The number of nitrogens with zero attached hydrogens (tertiary/aromatic N) is 2. The van der Waals surface area contributed by atoms with Gasteiger partial charge >= 0.3 is 0 Å². The van der Waals surface area contributed by atoms with Crippen molar-refractivity contribution < 1.29 is 5.11 Å². The Morgan fingerprint density at radius 1 is 1.28 bits per heavy atom. The van der Waals surface area contributed by atoms with Gasteiger partial charge in [0.05, 0.1) is 18.0 Å². The minimum atomic E-state index is 0.00790. The molecule has 18 heavy (non-hydrogen) atoms. The van der Waals surface area contributed by atoms with Crippen molar-refractivity contribution in [2.24, 2.45) is 0 Å². The Hall–Kier alpha value is -1.65. The molecule has 0 radical (unpaired) electrons. The van der Waals surface area contributed by atoms with Crippen LogP contribution in [-0.4, -0.2) is 34.3 Å². The van der Waals surface area contributed by atoms with E-state index in [1.54, 1.807) is 0 Å². The highest BCUT2D eigenvalue weighted by Crippen LogP contribution is 2.27. The van der Waals surface area contributed by atoms with Crippen molar-refractivity contribution in [3.8, 4) is 11.3 Å². The number of aromatic amines is 1. The lowest BCUT2D eigenvalue weighted by Crippen LogP contribution is -2.11. The Labute approximate surface area is 107 Å². The van der Waals surface area contributed by atoms with Crippen LogP contribution in [0, 0.1) is 6.92 Å². The van der Waals surface area contributed by atoms with Crippen molar-refractivity contribution >= 4 is 0 Å². The lowest BCUT2D eigenvalue weighted by Gasteiger charge is -2.14. The zero-order chi connectivity index (χ0) is 13.1. The number of aryl methyl sites for hydroxylation is 1. The van der Waals surface area contributed by atoms with Gasteiger partial charge in [-0.2, -0.15) is 5.10 Å². The second kappa shape index (κ2) is 5.33. The maximum Gasteiger partial charge on any atom is 0.0721 e. The number of rotatable bonds is 4. The molecule has 0 aliphatic carbocycles. The molecule has 1 heterocycles. The fourth-order valence-corrected chi connectivity index (χ4v) is 2.11. The van der Waals surface area contributed by atoms with Crippen LogP contribution in [0.5, 0.6) is 0 Å². The topological polar surface area (TPSA) is 52.2 Å². The summed E-state index contributed by atoms with van der Waals surface area (Å²) in [6.07, 6.45) is 0. The van der Waals surface area contributed by atoms with Crippen molar-refractivity contribution in [2.45, 2.75) is 20.1 Å². The van der Waals surface area contributed by atoms with E-state index in [-0.39, 0.29) is 6.61 Å². The molecule has 0 saturated carbocycles. The van der Waals surface area contributed by atoms with E-state index < -0.39 is 0 Å². The standard InChI is InChI=1S/C14H19N3O/c1-10-13(9-18)14(16-15-10)12-7-5-4-6-11(12)8-17(2)3/h4-7,18H,8-9H2,1-3H3,(H,15,16). The first kappa shape index (κ1) is 12.8. The van der Waals surface area contributed by atoms with Crippen molar-refractivity contribution in [3.63, 3.8) is 0 Å². The molecule has 0 atom stereocenters. The summed E-state index contributed by atoms with van der Waals surface area (Å²) >= 11 is 0. The predicted molar refractivity (Wildman–Crippen MR) is 72.1 cm³/mol. The Balaban J connectivity index is 2.49. The number of benzene rings is 1. The molecule has 0 aliphatic rings. The molecule has 4 heteroatoms. The third-order valence-corrected chi connectivity index (χ3v) is 3.01. The summed E-state index contributed by atoms with van der Waals surface area (Å²) in [5.41, 5.74) is 4.98. The summed E-state index contributed by atoms with van der Waals surface area (Å²) in [7, 11) is 4.09. The van der Waals surface area contributed by atoms with Crippen LogP contribution in [0.3, 0.4) is 0 Å². The van der Waals surface area contributed by atoms with Gasteiger partial charge in [-0.25, -0.2) is 0 Å². The molecule has 0 amide bonds. The van der Waals surface area contributed by atoms with E-state index in [4.69, 9.17) is 0 Å². The molecule has 0 aliphatic heterocycles. The minimum absolute atomic E-state index is 0.00790. The molecule has 2 rings (SSSR count). The summed E-state index contributed by atoms with van der Waals surface area (Å²) in [6, 6.07) is 8.20. The van der Waals surface area contributed by atoms with Crippen molar-refractivity contribution in [1.29, 1.82) is 0 Å². The molecule has 2 aromatic rings. The average molecular weight is 245 g/mol. The van der Waals surface area contributed by atoms with Crippen LogP contribution in [0.1, 0.15) is 16.8 Å². The Morgan fingerprint density at radius 2 is 2.00 bits per heavy atom. The summed E-state index contributed by atoms with van der Waals surface area (Å²) < 4.78 is 0. The Kier molecular flexibility index (Phi) is 3.79. The van der Waals surface area contributed by atoms with Gasteiger partial charge in [-0.3, -0.25) is 5.10 Å². The van der Waals surface area contributed by atoms with Crippen LogP contribution < -0.4 is 0 Å². The average Bonchev–Trinajstić information content (AvgIpc) is 2.70. The third-order valence-electron chi connectivity index (χ3n) is 3.01. The van der Waals surface area contributed by atoms with Crippen LogP contribution in [0.25, 0.3) is 11.3 Å². The number of H-pyrrole nitrogens is 1. The normalized spacial score (nSPS) is 11.2. The van der Waals surface area contributed by atoms with Gasteiger partial charge in [0, 0.05) is 17.7 Å². The second-order valence-corrected chi connectivity index (χ2v) is 4.72. The van der Waals surface area contributed by atoms with Crippen LogP contribution in [0.15, 0.2) is 24.3 Å². The van der Waals surface area contributed by atoms with Gasteiger partial charge in [0.15, 0.2) is 0 Å². The zero-order valence-electron chi connectivity index (χ0n) is 11.1. The zero-order valence-corrected chi connectivity index (χ0v) is 11.1. The van der Waals surface area contributed by atoms with Crippen molar-refractivity contribution in [1.82, 2.24) is 15.1 Å². The molecule has 96 valence electrons. The number of aliphatic hydroxyl groups excluding tert-OH is 1. The fraction of sp³-hybridized carbons (Fsp3) is 0.357. The van der Waals surface area contributed by atoms with E-state index in [1.807, 2.05) is 33.2 Å². The van der Waals surface area contributed by atoms with Gasteiger partial charge < -0.3 is 10.0 Å². The van der Waals surface area contributed by atoms with Gasteiger partial charge in [0.1, 0.15) is 0 Å². The molecule has 0 unspecified atom stereocenters. The number of nitrogens with one attached hydrogen (secondary N) is 1. The molecule has 2 N–H and O–H groups in total. The van der Waals surface area contributed by atoms with E-state index in [1.165, 1.54) is 5.56 Å². The number of hydrogen-bond donors (Lipinski definition) is 2. The van der Waals surface area contributed by atoms with Gasteiger partial charge in [0.25, 0.3) is 0 Å². The summed E-state index contributed by atoms with van der Waals surface area (Å²) in [6.45, 7) is 2.77. The van der Waals surface area contributed by atoms with Gasteiger partial charge in [-0.1, -0.05) is 24.3 Å². The summed E-state index contributed by atoms with van der Waals surface area (Å²) in [5, 5.41) is 16.7. The highest BCUT2D eigenvalue weighted by Gasteiger charge is 2.14. The van der Waals surface area contributed by atoms with E-state index in [0.717, 1.165) is 29.1 Å². The number of aromatic nitrogens is 2. The molecular weight excluding hydrogens is 226 g/mol. The highest BCUT2D eigenvalue weighted by molar-refractivity contribution is 5.67. The molecule has 4 nitrogen and oxygen atoms in total.